The molecule has 71 heavy (non-hydrogen) atoms. The second-order valence-corrected chi connectivity index (χ2v) is 20.6. The molecule has 406 valence electrons. The fraction of sp³-hybridized carbons (Fsp3) is 0.809. The van der Waals surface area contributed by atoms with Crippen molar-refractivity contribution in [3.8, 4) is 0 Å². The van der Waals surface area contributed by atoms with E-state index in [1.54, 1.807) is 20.8 Å². The number of ether oxygens (including phenoxy) is 2. The third-order valence-electron chi connectivity index (χ3n) is 11.3. The number of aromatic amines is 1. The number of amides is 5. The molecule has 0 spiro atoms. The summed E-state index contributed by atoms with van der Waals surface area (Å²) in [4.78, 5) is 96.9. The molecule has 0 saturated carbocycles. The van der Waals surface area contributed by atoms with Crippen LogP contribution in [0, 0.1) is 5.41 Å². The molecule has 0 fully saturated rings. The number of rotatable bonds is 45. The van der Waals surface area contributed by atoms with Gasteiger partial charge >= 0.3 is 11.9 Å². The molecule has 0 radical (unpaired) electrons. The summed E-state index contributed by atoms with van der Waals surface area (Å²) < 4.78 is 37.4. The number of sulfonamides is 1. The van der Waals surface area contributed by atoms with Crippen LogP contribution in [0.5, 0.6) is 0 Å². The number of carbonyl (C=O) groups is 8. The number of aliphatic carboxylic acids is 2. The Morgan fingerprint density at radius 3 is 1.58 bits per heavy atom. The number of hydrogen-bond acceptors (Lipinski definition) is 15. The molecule has 0 bridgehead atoms. The van der Waals surface area contributed by atoms with Crippen LogP contribution >= 0.6 is 0 Å². The van der Waals surface area contributed by atoms with E-state index in [0.717, 1.165) is 44.3 Å². The Labute approximate surface area is 419 Å². The molecule has 0 aliphatic heterocycles. The average molecular weight is 1030 g/mol. The number of aromatic nitrogens is 4. The van der Waals surface area contributed by atoms with E-state index in [4.69, 9.17) is 9.47 Å². The molecule has 24 heteroatoms. The highest BCUT2D eigenvalue weighted by molar-refractivity contribution is 7.90. The van der Waals surface area contributed by atoms with Crippen molar-refractivity contribution in [3.63, 3.8) is 0 Å². The van der Waals surface area contributed by atoms with Crippen LogP contribution in [0.4, 0.5) is 0 Å². The van der Waals surface area contributed by atoms with Gasteiger partial charge in [0.25, 0.3) is 0 Å². The molecule has 5 amide bonds. The predicted molar refractivity (Wildman–Crippen MR) is 262 cm³/mol. The number of carboxylic acid groups (broad SMARTS) is 2. The Morgan fingerprint density at radius 2 is 1.03 bits per heavy atom. The van der Waals surface area contributed by atoms with Gasteiger partial charge in [-0.05, 0) is 55.4 Å². The smallest absolute Gasteiger partial charge is 0.326 e. The standard InChI is InChI=1S/C47H83N9O14S/c1-47(2,3)38(57)35-70-33-32-69-31-30-49-41(59)27-25-36(45(63)64)51-43(61)28-26-37(46(65)66)50-42(60)22-18-15-19-29-48-40(58)24-20-34-71(67,68)54-44(62)23-17-14-12-10-8-6-4-5-7-9-11-13-16-21-39-52-55-56-53-39/h36-37H,4-35H2,1-3H3,(H,48,58)(H,49,59)(H,50,60)(H,51,61)(H,54,62)(H,63,64)(H,65,66)(H,52,53,55,56)/t36-,37-/m0/s1. The molecular weight excluding hydrogens is 947 g/mol. The number of nitrogens with one attached hydrogen (secondary N) is 6. The number of unbranched alkanes of at least 4 members (excludes halogenated alkanes) is 14. The van der Waals surface area contributed by atoms with Crippen LogP contribution in [0.3, 0.4) is 0 Å². The van der Waals surface area contributed by atoms with Gasteiger partial charge in [0.05, 0.1) is 25.6 Å². The number of H-pyrrole nitrogens is 1. The van der Waals surface area contributed by atoms with Gasteiger partial charge in [-0.25, -0.2) is 23.1 Å². The second-order valence-electron chi connectivity index (χ2n) is 18.7. The van der Waals surface area contributed by atoms with Gasteiger partial charge in [0.15, 0.2) is 5.78 Å². The zero-order valence-corrected chi connectivity index (χ0v) is 43.1. The molecule has 0 saturated heterocycles. The summed E-state index contributed by atoms with van der Waals surface area (Å²) in [7, 11) is -3.87. The minimum atomic E-state index is -3.87. The highest BCUT2D eigenvalue weighted by Gasteiger charge is 2.25. The van der Waals surface area contributed by atoms with E-state index >= 15 is 0 Å². The molecule has 0 unspecified atom stereocenters. The van der Waals surface area contributed by atoms with E-state index in [1.807, 2.05) is 0 Å². The van der Waals surface area contributed by atoms with Crippen molar-refractivity contribution in [3.05, 3.63) is 5.82 Å². The van der Waals surface area contributed by atoms with Gasteiger partial charge in [0, 0.05) is 57.0 Å². The van der Waals surface area contributed by atoms with Gasteiger partial charge in [-0.1, -0.05) is 97.8 Å². The lowest BCUT2D eigenvalue weighted by Crippen LogP contribution is -2.44. The molecule has 0 aliphatic rings. The Hall–Kier alpha value is -5.10. The molecule has 1 rings (SSSR count). The van der Waals surface area contributed by atoms with Crippen LogP contribution in [0.25, 0.3) is 0 Å². The summed E-state index contributed by atoms with van der Waals surface area (Å²) >= 11 is 0. The zero-order chi connectivity index (χ0) is 52.8. The quantitative estimate of drug-likeness (QED) is 0.0433. The molecule has 1 heterocycles. The maximum Gasteiger partial charge on any atom is 0.326 e. The van der Waals surface area contributed by atoms with Crippen molar-refractivity contribution in [2.24, 2.45) is 5.41 Å². The molecule has 23 nitrogen and oxygen atoms in total. The molecule has 2 atom stereocenters. The lowest BCUT2D eigenvalue weighted by molar-refractivity contribution is -0.143. The number of Topliss-reactive ketones (excluding diaryl/α,β-unsaturated/α-hetero) is 1. The highest BCUT2D eigenvalue weighted by atomic mass is 32.2. The van der Waals surface area contributed by atoms with E-state index in [9.17, 15) is 57.0 Å². The second kappa shape index (κ2) is 38.6. The fourth-order valence-electron chi connectivity index (χ4n) is 6.96. The molecular formula is C47H83N9O14S. The van der Waals surface area contributed by atoms with Crippen LogP contribution in [0.15, 0.2) is 0 Å². The van der Waals surface area contributed by atoms with Crippen LogP contribution in [-0.2, 0) is 64.3 Å². The van der Waals surface area contributed by atoms with E-state index < -0.39 is 69.5 Å². The Morgan fingerprint density at radius 1 is 0.563 bits per heavy atom. The lowest BCUT2D eigenvalue weighted by atomic mass is 9.91. The third-order valence-corrected chi connectivity index (χ3v) is 12.7. The maximum atomic E-state index is 12.5. The first kappa shape index (κ1) is 63.9. The van der Waals surface area contributed by atoms with E-state index in [-0.39, 0.29) is 102 Å². The summed E-state index contributed by atoms with van der Waals surface area (Å²) in [5.74, 6) is -5.04. The number of carbonyl (C=O) groups excluding carboxylic acids is 6. The maximum absolute atomic E-state index is 12.5. The van der Waals surface area contributed by atoms with E-state index in [0.29, 0.717) is 25.7 Å². The average Bonchev–Trinajstić information content (AvgIpc) is 3.82. The Kier molecular flexibility index (Phi) is 34.7. The van der Waals surface area contributed by atoms with E-state index in [2.05, 4.69) is 46.6 Å². The zero-order valence-electron chi connectivity index (χ0n) is 42.3. The molecule has 0 aromatic carbocycles. The summed E-state index contributed by atoms with van der Waals surface area (Å²) in [6.45, 7) is 6.34. The van der Waals surface area contributed by atoms with Crippen molar-refractivity contribution >= 4 is 57.3 Å². The number of carboxylic acids is 2. The van der Waals surface area contributed by atoms with Gasteiger partial charge in [-0.2, -0.15) is 0 Å². The SMILES string of the molecule is CC(C)(C)C(=O)COCCOCCNC(=O)CC[C@H](NC(=O)CC[C@H](NC(=O)CCCCCNC(=O)CCCS(=O)(=O)NC(=O)CCCCCCCCCCCCCCCc1nnn[nH]1)C(=O)O)C(=O)O. The minimum Gasteiger partial charge on any atom is -0.480 e. The molecule has 1 aromatic rings. The first-order chi connectivity index (χ1) is 33.8. The summed E-state index contributed by atoms with van der Waals surface area (Å²) in [5.41, 5.74) is -0.499. The fourth-order valence-corrected chi connectivity index (χ4v) is 8.04. The number of hydrogen-bond donors (Lipinski definition) is 8. The number of aryl methyl sites for hydroxylation is 1. The molecule has 8 N–H and O–H groups in total. The van der Waals surface area contributed by atoms with E-state index in [1.165, 1.54) is 44.9 Å². The summed E-state index contributed by atoms with van der Waals surface area (Å²) in [6, 6.07) is -2.82. The van der Waals surface area contributed by atoms with Gasteiger partial charge in [0.2, 0.25) is 39.6 Å². The van der Waals surface area contributed by atoms with Crippen molar-refractivity contribution in [1.29, 1.82) is 0 Å². The summed E-state index contributed by atoms with van der Waals surface area (Å²) in [5, 5.41) is 42.8. The topological polar surface area (TPSA) is 344 Å². The van der Waals surface area contributed by atoms with Crippen molar-refractivity contribution < 1.29 is 66.5 Å². The lowest BCUT2D eigenvalue weighted by Gasteiger charge is -2.17. The normalized spacial score (nSPS) is 12.4. The van der Waals surface area contributed by atoms with Crippen LogP contribution in [0.1, 0.15) is 181 Å². The molecule has 1 aromatic heterocycles. The predicted octanol–water partition coefficient (Wildman–Crippen LogP) is 3.57. The Balaban J connectivity index is 2.10. The number of ketones is 1. The largest absolute Gasteiger partial charge is 0.480 e. The number of nitrogens with zero attached hydrogens (tertiary/aromatic N) is 3. The monoisotopic (exact) mass is 1030 g/mol. The van der Waals surface area contributed by atoms with Gasteiger partial charge in [-0.3, -0.25) is 33.5 Å². The summed E-state index contributed by atoms with van der Waals surface area (Å²) in [6.07, 6.45) is 15.6. The van der Waals surface area contributed by atoms with Gasteiger partial charge < -0.3 is 41.0 Å². The van der Waals surface area contributed by atoms with Crippen molar-refractivity contribution in [1.82, 2.24) is 46.6 Å². The van der Waals surface area contributed by atoms with Crippen molar-refractivity contribution in [2.75, 3.05) is 45.3 Å². The van der Waals surface area contributed by atoms with Gasteiger partial charge in [-0.15, -0.1) is 5.10 Å². The first-order valence-corrected chi connectivity index (χ1v) is 27.0. The molecule has 0 aliphatic carbocycles. The first-order valence-electron chi connectivity index (χ1n) is 25.3. The van der Waals surface area contributed by atoms with Crippen LogP contribution in [-0.4, -0.2) is 144 Å². The van der Waals surface area contributed by atoms with Gasteiger partial charge in [0.1, 0.15) is 24.5 Å². The third kappa shape index (κ3) is 36.5. The number of tetrazole rings is 1. The van der Waals surface area contributed by atoms with Crippen LogP contribution in [0.2, 0.25) is 0 Å². The minimum absolute atomic E-state index is 0.0229. The van der Waals surface area contributed by atoms with Crippen LogP contribution < -0.4 is 26.0 Å². The van der Waals surface area contributed by atoms with Crippen molar-refractivity contribution in [2.45, 2.75) is 193 Å². The Bertz CT molecular complexity index is 1830. The highest BCUT2D eigenvalue weighted by Crippen LogP contribution is 2.15.